The molecule has 0 spiro atoms. The van der Waals surface area contributed by atoms with Gasteiger partial charge in [0.25, 0.3) is 0 Å². The Labute approximate surface area is 128 Å². The summed E-state index contributed by atoms with van der Waals surface area (Å²) in [5.74, 6) is -0.997. The number of nitrogens with one attached hydrogen (secondary N) is 1. The zero-order chi connectivity index (χ0) is 15.9. The highest BCUT2D eigenvalue weighted by Gasteiger charge is 2.33. The van der Waals surface area contributed by atoms with Crippen molar-refractivity contribution in [2.24, 2.45) is 0 Å². The number of hydrogen-bond donors (Lipinski definition) is 1. The molecule has 0 aliphatic heterocycles. The Balaban J connectivity index is 2.62. The van der Waals surface area contributed by atoms with Gasteiger partial charge in [0.1, 0.15) is 17.2 Å². The van der Waals surface area contributed by atoms with Crippen LogP contribution in [0.15, 0.2) is 23.1 Å². The highest BCUT2D eigenvalue weighted by molar-refractivity contribution is 7.99. The van der Waals surface area contributed by atoms with Crippen LogP contribution in [0.5, 0.6) is 0 Å². The average molecular weight is 317 g/mol. The molecule has 6 heteroatoms. The fraction of sp³-hybridized carbons (Fsp3) is 0.533. The molecular weight excluding hydrogens is 296 g/mol. The number of ether oxygens (including phenoxy) is 1. The monoisotopic (exact) mass is 317 g/mol. The van der Waals surface area contributed by atoms with E-state index in [0.717, 1.165) is 12.5 Å². The van der Waals surface area contributed by atoms with Crippen LogP contribution < -0.4 is 5.32 Å². The van der Waals surface area contributed by atoms with Crippen LogP contribution in [0.4, 0.5) is 8.78 Å². The first kappa shape index (κ1) is 17.9. The second kappa shape index (κ2) is 8.34. The van der Waals surface area contributed by atoms with E-state index in [4.69, 9.17) is 4.74 Å². The van der Waals surface area contributed by atoms with Gasteiger partial charge in [0.05, 0.1) is 7.11 Å². The first-order chi connectivity index (χ1) is 9.92. The SMILES string of the molecule is CCCNC(C)(CCSc1ccc(F)cc1F)C(=O)OC. The second-order valence-electron chi connectivity index (χ2n) is 4.92. The maximum atomic E-state index is 13.5. The lowest BCUT2D eigenvalue weighted by Crippen LogP contribution is -2.50. The smallest absolute Gasteiger partial charge is 0.325 e. The van der Waals surface area contributed by atoms with Crippen LogP contribution in [0, 0.1) is 11.6 Å². The van der Waals surface area contributed by atoms with Crippen molar-refractivity contribution in [1.29, 1.82) is 0 Å². The maximum absolute atomic E-state index is 13.5. The Bertz CT molecular complexity index is 485. The van der Waals surface area contributed by atoms with Crippen molar-refractivity contribution in [2.75, 3.05) is 19.4 Å². The normalized spacial score (nSPS) is 13.8. The molecule has 1 aromatic rings. The summed E-state index contributed by atoms with van der Waals surface area (Å²) in [5, 5.41) is 3.16. The minimum atomic E-state index is -0.797. The van der Waals surface area contributed by atoms with Gasteiger partial charge in [-0.3, -0.25) is 4.79 Å². The standard InChI is InChI=1S/C15H21F2NO2S/c1-4-8-18-15(2,14(19)20-3)7-9-21-13-6-5-11(16)10-12(13)17/h5-6,10,18H,4,7-9H2,1-3H3. The van der Waals surface area contributed by atoms with Crippen molar-refractivity contribution in [2.45, 2.75) is 37.1 Å². The molecule has 0 saturated carbocycles. The summed E-state index contributed by atoms with van der Waals surface area (Å²) in [6.07, 6.45) is 1.38. The van der Waals surface area contributed by atoms with Gasteiger partial charge in [0.15, 0.2) is 0 Å². The molecule has 0 saturated heterocycles. The van der Waals surface area contributed by atoms with Crippen LogP contribution in [0.3, 0.4) is 0 Å². The molecule has 0 aliphatic rings. The molecule has 1 N–H and O–H groups in total. The van der Waals surface area contributed by atoms with Gasteiger partial charge in [-0.15, -0.1) is 11.8 Å². The van der Waals surface area contributed by atoms with E-state index in [1.54, 1.807) is 6.92 Å². The summed E-state index contributed by atoms with van der Waals surface area (Å²) in [5.41, 5.74) is -0.797. The number of carbonyl (C=O) groups excluding carboxylic acids is 1. The molecule has 0 aromatic heterocycles. The van der Waals surface area contributed by atoms with Gasteiger partial charge < -0.3 is 10.1 Å². The number of halogens is 2. The molecule has 0 bridgehead atoms. The zero-order valence-electron chi connectivity index (χ0n) is 12.5. The number of carbonyl (C=O) groups is 1. The first-order valence-electron chi connectivity index (χ1n) is 6.84. The summed E-state index contributed by atoms with van der Waals surface area (Å²) >= 11 is 1.25. The number of benzene rings is 1. The Kier molecular flexibility index (Phi) is 7.11. The van der Waals surface area contributed by atoms with E-state index in [-0.39, 0.29) is 5.97 Å². The molecule has 0 aliphatic carbocycles. The number of rotatable bonds is 8. The fourth-order valence-corrected chi connectivity index (χ4v) is 2.94. The van der Waals surface area contributed by atoms with Crippen molar-refractivity contribution in [1.82, 2.24) is 5.32 Å². The van der Waals surface area contributed by atoms with E-state index in [1.165, 1.54) is 31.0 Å². The molecule has 1 unspecified atom stereocenters. The molecule has 1 atom stereocenters. The minimum Gasteiger partial charge on any atom is -0.468 e. The van der Waals surface area contributed by atoms with E-state index in [0.29, 0.717) is 23.6 Å². The van der Waals surface area contributed by atoms with Gasteiger partial charge in [-0.05, 0) is 38.4 Å². The van der Waals surface area contributed by atoms with Crippen LogP contribution >= 0.6 is 11.8 Å². The Morgan fingerprint density at radius 3 is 2.71 bits per heavy atom. The summed E-state index contributed by atoms with van der Waals surface area (Å²) in [6.45, 7) is 4.48. The second-order valence-corrected chi connectivity index (χ2v) is 6.06. The lowest BCUT2D eigenvalue weighted by atomic mass is 9.99. The summed E-state index contributed by atoms with van der Waals surface area (Å²) in [4.78, 5) is 12.3. The minimum absolute atomic E-state index is 0.337. The summed E-state index contributed by atoms with van der Waals surface area (Å²) in [6, 6.07) is 3.49. The summed E-state index contributed by atoms with van der Waals surface area (Å²) in [7, 11) is 1.35. The highest BCUT2D eigenvalue weighted by Crippen LogP contribution is 2.25. The van der Waals surface area contributed by atoms with E-state index in [9.17, 15) is 13.6 Å². The third kappa shape index (κ3) is 5.28. The van der Waals surface area contributed by atoms with Gasteiger partial charge >= 0.3 is 5.97 Å². The topological polar surface area (TPSA) is 38.3 Å². The van der Waals surface area contributed by atoms with Crippen LogP contribution in [-0.4, -0.2) is 30.9 Å². The fourth-order valence-electron chi connectivity index (χ4n) is 1.85. The largest absolute Gasteiger partial charge is 0.468 e. The van der Waals surface area contributed by atoms with Crippen LogP contribution in [0.25, 0.3) is 0 Å². The molecule has 3 nitrogen and oxygen atoms in total. The molecule has 1 rings (SSSR count). The molecule has 0 heterocycles. The predicted molar refractivity (Wildman–Crippen MR) is 80.4 cm³/mol. The van der Waals surface area contributed by atoms with Crippen molar-refractivity contribution in [3.05, 3.63) is 29.8 Å². The van der Waals surface area contributed by atoms with E-state index in [1.807, 2.05) is 6.92 Å². The Hall–Kier alpha value is -1.14. The van der Waals surface area contributed by atoms with Crippen LogP contribution in [0.2, 0.25) is 0 Å². The van der Waals surface area contributed by atoms with Crippen molar-refractivity contribution < 1.29 is 18.3 Å². The van der Waals surface area contributed by atoms with Crippen molar-refractivity contribution in [3.8, 4) is 0 Å². The van der Waals surface area contributed by atoms with Crippen molar-refractivity contribution >= 4 is 17.7 Å². The molecule has 0 radical (unpaired) electrons. The Morgan fingerprint density at radius 1 is 1.43 bits per heavy atom. The molecule has 118 valence electrons. The van der Waals surface area contributed by atoms with Gasteiger partial charge in [-0.1, -0.05) is 6.92 Å². The van der Waals surface area contributed by atoms with Gasteiger partial charge in [0, 0.05) is 16.7 Å². The lowest BCUT2D eigenvalue weighted by Gasteiger charge is -2.27. The van der Waals surface area contributed by atoms with E-state index in [2.05, 4.69) is 5.32 Å². The summed E-state index contributed by atoms with van der Waals surface area (Å²) < 4.78 is 31.2. The van der Waals surface area contributed by atoms with Crippen molar-refractivity contribution in [3.63, 3.8) is 0 Å². The number of esters is 1. The molecule has 1 aromatic carbocycles. The van der Waals surface area contributed by atoms with Crippen LogP contribution in [-0.2, 0) is 9.53 Å². The quantitative estimate of drug-likeness (QED) is 0.589. The lowest BCUT2D eigenvalue weighted by molar-refractivity contribution is -0.148. The molecule has 0 fully saturated rings. The third-order valence-corrected chi connectivity index (χ3v) is 4.20. The van der Waals surface area contributed by atoms with E-state index < -0.39 is 17.2 Å². The number of thioether (sulfide) groups is 1. The number of hydrogen-bond acceptors (Lipinski definition) is 4. The third-order valence-electron chi connectivity index (χ3n) is 3.15. The Morgan fingerprint density at radius 2 is 2.14 bits per heavy atom. The average Bonchev–Trinajstić information content (AvgIpc) is 2.46. The molecule has 0 amide bonds. The highest BCUT2D eigenvalue weighted by atomic mass is 32.2. The van der Waals surface area contributed by atoms with E-state index >= 15 is 0 Å². The number of methoxy groups -OCH3 is 1. The zero-order valence-corrected chi connectivity index (χ0v) is 13.4. The van der Waals surface area contributed by atoms with Crippen LogP contribution in [0.1, 0.15) is 26.7 Å². The molecular formula is C15H21F2NO2S. The van der Waals surface area contributed by atoms with Gasteiger partial charge in [-0.2, -0.15) is 0 Å². The first-order valence-corrected chi connectivity index (χ1v) is 7.83. The predicted octanol–water partition coefficient (Wildman–Crippen LogP) is 3.38. The maximum Gasteiger partial charge on any atom is 0.325 e. The molecule has 21 heavy (non-hydrogen) atoms. The van der Waals surface area contributed by atoms with Gasteiger partial charge in [-0.25, -0.2) is 8.78 Å². The van der Waals surface area contributed by atoms with Gasteiger partial charge in [0.2, 0.25) is 0 Å².